The van der Waals surface area contributed by atoms with Crippen molar-refractivity contribution >= 4 is 22.1 Å². The molecule has 0 fully saturated rings. The van der Waals surface area contributed by atoms with E-state index < -0.39 is 4.87 Å². The summed E-state index contributed by atoms with van der Waals surface area (Å²) in [4.78, 5) is -0.423. The Hall–Kier alpha value is -0.313. The van der Waals surface area contributed by atoms with Gasteiger partial charge in [-0.2, -0.15) is 0 Å². The van der Waals surface area contributed by atoms with Gasteiger partial charge in [0.2, 0.25) is 0 Å². The largest absolute Gasteiger partial charge is 0.423 e. The number of alkyl halides is 1. The monoisotopic (exact) mass is 298 g/mol. The fourth-order valence-corrected chi connectivity index (χ4v) is 4.32. The minimum Gasteiger partial charge on any atom is -0.423 e. The standard InChI is InChI=1S/C16H27ClOSi/c1-5-12(3)15(18-19)16(17,13(4)6-2)14-10-8-7-9-11-14/h7-13,15H,5-6H2,1-4,19H3. The van der Waals surface area contributed by atoms with Crippen LogP contribution in [-0.2, 0) is 9.30 Å². The molecule has 0 heterocycles. The predicted molar refractivity (Wildman–Crippen MR) is 87.7 cm³/mol. The van der Waals surface area contributed by atoms with E-state index in [1.165, 1.54) is 5.56 Å². The molecule has 4 unspecified atom stereocenters. The molecule has 0 radical (unpaired) electrons. The highest BCUT2D eigenvalue weighted by molar-refractivity contribution is 6.25. The smallest absolute Gasteiger partial charge is 0.146 e. The predicted octanol–water partition coefficient (Wildman–Crippen LogP) is 3.88. The second-order valence-corrected chi connectivity index (χ2v) is 6.58. The molecule has 4 atom stereocenters. The molecule has 0 bridgehead atoms. The first-order valence-electron chi connectivity index (χ1n) is 7.29. The van der Waals surface area contributed by atoms with E-state index in [-0.39, 0.29) is 6.10 Å². The van der Waals surface area contributed by atoms with Crippen LogP contribution in [0.4, 0.5) is 0 Å². The number of halogens is 1. The first kappa shape index (κ1) is 16.7. The topological polar surface area (TPSA) is 9.23 Å². The minimum atomic E-state index is -0.423. The van der Waals surface area contributed by atoms with Crippen LogP contribution < -0.4 is 0 Å². The summed E-state index contributed by atoms with van der Waals surface area (Å²) in [6, 6.07) is 10.4. The highest BCUT2D eigenvalue weighted by atomic mass is 35.5. The molecule has 1 rings (SSSR count). The van der Waals surface area contributed by atoms with Crippen molar-refractivity contribution in [3.8, 4) is 0 Å². The van der Waals surface area contributed by atoms with Gasteiger partial charge >= 0.3 is 0 Å². The van der Waals surface area contributed by atoms with Gasteiger partial charge in [0.15, 0.2) is 0 Å². The highest BCUT2D eigenvalue weighted by Gasteiger charge is 2.44. The van der Waals surface area contributed by atoms with Crippen LogP contribution >= 0.6 is 11.6 Å². The molecule has 108 valence electrons. The summed E-state index contributed by atoms with van der Waals surface area (Å²) in [6.07, 6.45) is 2.23. The van der Waals surface area contributed by atoms with E-state index in [1.807, 2.05) is 6.07 Å². The summed E-state index contributed by atoms with van der Waals surface area (Å²) >= 11 is 7.15. The Morgan fingerprint density at radius 3 is 2.16 bits per heavy atom. The molecule has 0 amide bonds. The summed E-state index contributed by atoms with van der Waals surface area (Å²) in [5.41, 5.74) is 1.19. The molecule has 1 nitrogen and oxygen atoms in total. The molecule has 0 saturated heterocycles. The third kappa shape index (κ3) is 3.42. The summed E-state index contributed by atoms with van der Waals surface area (Å²) in [7, 11) is 0.720. The van der Waals surface area contributed by atoms with Crippen LogP contribution in [0.2, 0.25) is 0 Å². The van der Waals surface area contributed by atoms with Crippen LogP contribution in [0.25, 0.3) is 0 Å². The molecule has 0 aliphatic rings. The molecular weight excluding hydrogens is 272 g/mol. The van der Waals surface area contributed by atoms with Gasteiger partial charge in [0.05, 0.1) is 11.0 Å². The SMILES string of the molecule is CCC(C)C(O[SiH3])C(Cl)(c1ccccc1)C(C)CC. The second kappa shape index (κ2) is 7.46. The molecule has 0 aliphatic carbocycles. The maximum atomic E-state index is 7.15. The van der Waals surface area contributed by atoms with E-state index in [0.717, 1.165) is 23.3 Å². The van der Waals surface area contributed by atoms with Crippen molar-refractivity contribution in [1.82, 2.24) is 0 Å². The van der Waals surface area contributed by atoms with Crippen molar-refractivity contribution in [2.75, 3.05) is 0 Å². The summed E-state index contributed by atoms with van der Waals surface area (Å²) in [6.45, 7) is 8.88. The number of hydrogen-bond acceptors (Lipinski definition) is 1. The zero-order chi connectivity index (χ0) is 14.5. The van der Waals surface area contributed by atoms with Crippen molar-refractivity contribution in [3.05, 3.63) is 35.9 Å². The highest BCUT2D eigenvalue weighted by Crippen LogP contribution is 2.45. The first-order valence-corrected chi connectivity index (χ1v) is 8.48. The number of benzene rings is 1. The third-order valence-corrected chi connectivity index (χ3v) is 5.69. The molecule has 0 spiro atoms. The van der Waals surface area contributed by atoms with Crippen LogP contribution in [0, 0.1) is 11.8 Å². The molecule has 3 heteroatoms. The Balaban J connectivity index is 3.26. The lowest BCUT2D eigenvalue weighted by atomic mass is 9.76. The van der Waals surface area contributed by atoms with Crippen LogP contribution in [0.5, 0.6) is 0 Å². The van der Waals surface area contributed by atoms with E-state index in [9.17, 15) is 0 Å². The normalized spacial score (nSPS) is 19.6. The quantitative estimate of drug-likeness (QED) is 0.548. The summed E-state index contributed by atoms with van der Waals surface area (Å²) in [5.74, 6) is 0.841. The lowest BCUT2D eigenvalue weighted by Gasteiger charge is -2.42. The van der Waals surface area contributed by atoms with E-state index >= 15 is 0 Å². The fourth-order valence-electron chi connectivity index (χ4n) is 2.75. The zero-order valence-electron chi connectivity index (χ0n) is 12.8. The lowest BCUT2D eigenvalue weighted by molar-refractivity contribution is 0.0763. The van der Waals surface area contributed by atoms with Crippen molar-refractivity contribution < 1.29 is 4.43 Å². The van der Waals surface area contributed by atoms with Crippen molar-refractivity contribution in [2.24, 2.45) is 11.8 Å². The average molecular weight is 299 g/mol. The molecule has 1 aromatic carbocycles. The van der Waals surface area contributed by atoms with Crippen molar-refractivity contribution in [1.29, 1.82) is 0 Å². The number of rotatable bonds is 7. The Labute approximate surface area is 126 Å². The Morgan fingerprint density at radius 1 is 1.16 bits per heavy atom. The van der Waals surface area contributed by atoms with Crippen molar-refractivity contribution in [3.63, 3.8) is 0 Å². The average Bonchev–Trinajstić information content (AvgIpc) is 2.47. The molecule has 0 N–H and O–H groups in total. The molecule has 0 aromatic heterocycles. The summed E-state index contributed by atoms with van der Waals surface area (Å²) < 4.78 is 5.95. The van der Waals surface area contributed by atoms with Gasteiger partial charge in [-0.15, -0.1) is 11.6 Å². The van der Waals surface area contributed by atoms with E-state index in [1.54, 1.807) is 0 Å². The minimum absolute atomic E-state index is 0.0863. The second-order valence-electron chi connectivity index (χ2n) is 5.49. The third-order valence-electron chi connectivity index (χ3n) is 4.37. The van der Waals surface area contributed by atoms with Gasteiger partial charge in [0.1, 0.15) is 10.5 Å². The zero-order valence-corrected chi connectivity index (χ0v) is 15.6. The van der Waals surface area contributed by atoms with E-state index in [0.29, 0.717) is 11.8 Å². The Bertz CT molecular complexity index is 370. The fraction of sp³-hybridized carbons (Fsp3) is 0.625. The van der Waals surface area contributed by atoms with Gasteiger partial charge in [-0.3, -0.25) is 0 Å². The van der Waals surface area contributed by atoms with Crippen LogP contribution in [-0.4, -0.2) is 16.6 Å². The molecule has 0 saturated carbocycles. The van der Waals surface area contributed by atoms with Gasteiger partial charge in [-0.25, -0.2) is 0 Å². The van der Waals surface area contributed by atoms with Gasteiger partial charge in [-0.1, -0.05) is 70.9 Å². The maximum Gasteiger partial charge on any atom is 0.146 e. The van der Waals surface area contributed by atoms with Crippen molar-refractivity contribution in [2.45, 2.75) is 51.5 Å². The van der Waals surface area contributed by atoms with Crippen LogP contribution in [0.3, 0.4) is 0 Å². The molecular formula is C16H27ClOSi. The number of hydrogen-bond donors (Lipinski definition) is 0. The molecule has 19 heavy (non-hydrogen) atoms. The molecule has 1 aromatic rings. The van der Waals surface area contributed by atoms with E-state index in [4.69, 9.17) is 16.0 Å². The van der Waals surface area contributed by atoms with E-state index in [2.05, 4.69) is 52.0 Å². The Kier molecular flexibility index (Phi) is 6.58. The van der Waals surface area contributed by atoms with Gasteiger partial charge in [-0.05, 0) is 17.4 Å². The molecule has 0 aliphatic heterocycles. The van der Waals surface area contributed by atoms with Gasteiger partial charge in [0.25, 0.3) is 0 Å². The van der Waals surface area contributed by atoms with Gasteiger partial charge in [0, 0.05) is 0 Å². The van der Waals surface area contributed by atoms with Crippen LogP contribution in [0.15, 0.2) is 30.3 Å². The maximum absolute atomic E-state index is 7.15. The van der Waals surface area contributed by atoms with Gasteiger partial charge < -0.3 is 4.43 Å². The van der Waals surface area contributed by atoms with Crippen LogP contribution in [0.1, 0.15) is 46.1 Å². The first-order chi connectivity index (χ1) is 9.02. The summed E-state index contributed by atoms with van der Waals surface area (Å²) in [5, 5.41) is 0. The lowest BCUT2D eigenvalue weighted by Crippen LogP contribution is -2.45. The Morgan fingerprint density at radius 2 is 1.74 bits per heavy atom.